The minimum atomic E-state index is -4.34. The van der Waals surface area contributed by atoms with Crippen LogP contribution in [0.1, 0.15) is 40.3 Å². The molecule has 1 atom stereocenters. The predicted octanol–water partition coefficient (Wildman–Crippen LogP) is 6.82. The second-order valence-electron chi connectivity index (χ2n) is 12.3. The lowest BCUT2D eigenvalue weighted by molar-refractivity contribution is -0.126. The molecule has 4 aromatic carbocycles. The number of azo groups is 1. The van der Waals surface area contributed by atoms with E-state index in [1.54, 1.807) is 24.3 Å². The predicted molar refractivity (Wildman–Crippen MR) is 200 cm³/mol. The number of amides is 1. The summed E-state index contributed by atoms with van der Waals surface area (Å²) >= 11 is 0. The van der Waals surface area contributed by atoms with Gasteiger partial charge in [0.25, 0.3) is 16.0 Å². The standard InChI is InChI=1S/C37H38N8O7S/c1-20-15-25(16-21(2)31(20)40-36-41-35(42-37(48)43-36)38-27-11-13-28(14-12-27)53(49,50)51)19-26-17-22(3)32(23(4)18-26)44-45-33(24(5)46)34(47)39-29-9-7-8-10-30(29)52-6/h7-18,33H,19H2,1-6H3,(H,39,47)(H,49,50,51)(H3,38,40,41,42,43,48). The number of carbonyl (C=O) groups is 2. The van der Waals surface area contributed by atoms with Gasteiger partial charge in [-0.2, -0.15) is 33.6 Å². The van der Waals surface area contributed by atoms with Crippen LogP contribution >= 0.6 is 0 Å². The van der Waals surface area contributed by atoms with E-state index < -0.39 is 33.9 Å². The van der Waals surface area contributed by atoms with Crippen molar-refractivity contribution in [2.75, 3.05) is 23.1 Å². The number of ketones is 1. The normalized spacial score (nSPS) is 12.0. The quantitative estimate of drug-likeness (QED) is 0.0477. The van der Waals surface area contributed by atoms with Crippen molar-refractivity contribution in [1.82, 2.24) is 15.0 Å². The van der Waals surface area contributed by atoms with Crippen molar-refractivity contribution in [3.05, 3.63) is 106 Å². The Labute approximate surface area is 306 Å². The van der Waals surface area contributed by atoms with Crippen LogP contribution < -0.4 is 20.7 Å². The Hall–Kier alpha value is -6.26. The number of aromatic nitrogens is 3. The Balaban J connectivity index is 1.29. The summed E-state index contributed by atoms with van der Waals surface area (Å²) < 4.78 is 37.2. The van der Waals surface area contributed by atoms with Crippen molar-refractivity contribution < 1.29 is 32.4 Å². The largest absolute Gasteiger partial charge is 0.495 e. The zero-order valence-corrected chi connectivity index (χ0v) is 30.6. The van der Waals surface area contributed by atoms with Crippen LogP contribution in [0.15, 0.2) is 87.9 Å². The molecule has 1 heterocycles. The van der Waals surface area contributed by atoms with Gasteiger partial charge in [0.1, 0.15) is 5.75 Å². The molecule has 0 radical (unpaired) electrons. The van der Waals surface area contributed by atoms with E-state index >= 15 is 0 Å². The van der Waals surface area contributed by atoms with Gasteiger partial charge in [-0.25, -0.2) is 0 Å². The highest BCUT2D eigenvalue weighted by atomic mass is 32.2. The maximum atomic E-state index is 13.0. The van der Waals surface area contributed by atoms with Crippen LogP contribution in [0.4, 0.5) is 34.6 Å². The SMILES string of the molecule is COc1ccccc1NC(=O)C(N=Nc1c(C)cc(Cc2cc(C)c(Nc3nc(O)nc(Nc4ccc(S(=O)(=O)O)cc4)n3)c(C)c2)cc1C)C(C)=O. The van der Waals surface area contributed by atoms with Gasteiger partial charge in [0.15, 0.2) is 5.78 Å². The summed E-state index contributed by atoms with van der Waals surface area (Å²) in [6.45, 7) is 8.96. The highest BCUT2D eigenvalue weighted by Crippen LogP contribution is 2.31. The van der Waals surface area contributed by atoms with E-state index in [4.69, 9.17) is 4.74 Å². The summed E-state index contributed by atoms with van der Waals surface area (Å²) in [5, 5.41) is 27.4. The third-order valence-electron chi connectivity index (χ3n) is 8.09. The summed E-state index contributed by atoms with van der Waals surface area (Å²) in [6.07, 6.45) is 0.607. The zero-order valence-electron chi connectivity index (χ0n) is 29.8. The Morgan fingerprint density at radius 2 is 1.40 bits per heavy atom. The van der Waals surface area contributed by atoms with Gasteiger partial charge in [-0.15, -0.1) is 0 Å². The summed E-state index contributed by atoms with van der Waals surface area (Å²) in [5.74, 6) is -0.525. The molecule has 1 amide bonds. The fourth-order valence-electron chi connectivity index (χ4n) is 5.70. The number of anilines is 5. The molecule has 16 heteroatoms. The number of methoxy groups -OCH3 is 1. The van der Waals surface area contributed by atoms with Crippen LogP contribution in [0.25, 0.3) is 0 Å². The Bertz CT molecular complexity index is 2280. The molecule has 0 saturated carbocycles. The molecular weight excluding hydrogens is 701 g/mol. The van der Waals surface area contributed by atoms with E-state index in [9.17, 15) is 27.7 Å². The summed E-state index contributed by atoms with van der Waals surface area (Å²) in [6, 6.07) is 18.3. The number of carbonyl (C=O) groups excluding carboxylic acids is 2. The van der Waals surface area contributed by atoms with E-state index in [1.807, 2.05) is 52.0 Å². The molecule has 5 N–H and O–H groups in total. The average molecular weight is 739 g/mol. The van der Waals surface area contributed by atoms with E-state index in [2.05, 4.69) is 41.1 Å². The number of Topliss-reactive ketones (excluding diaryl/α,β-unsaturated/α-hetero) is 1. The van der Waals surface area contributed by atoms with Crippen molar-refractivity contribution in [2.24, 2.45) is 10.2 Å². The van der Waals surface area contributed by atoms with Crippen molar-refractivity contribution in [3.8, 4) is 11.8 Å². The lowest BCUT2D eigenvalue weighted by Gasteiger charge is -2.15. The van der Waals surface area contributed by atoms with Crippen LogP contribution in [-0.2, 0) is 26.1 Å². The zero-order chi connectivity index (χ0) is 38.4. The Morgan fingerprint density at radius 3 is 1.96 bits per heavy atom. The number of hydrogen-bond acceptors (Lipinski definition) is 13. The van der Waals surface area contributed by atoms with Crippen LogP contribution in [-0.4, -0.2) is 57.9 Å². The van der Waals surface area contributed by atoms with E-state index in [0.29, 0.717) is 29.2 Å². The Kier molecular flexibility index (Phi) is 11.4. The van der Waals surface area contributed by atoms with Crippen molar-refractivity contribution in [1.29, 1.82) is 0 Å². The molecule has 5 aromatic rings. The van der Waals surface area contributed by atoms with E-state index in [-0.39, 0.29) is 16.8 Å². The molecule has 1 aromatic heterocycles. The second kappa shape index (κ2) is 16.0. The lowest BCUT2D eigenvalue weighted by atomic mass is 9.96. The first-order chi connectivity index (χ1) is 25.1. The number of rotatable bonds is 13. The fraction of sp³-hybridized carbons (Fsp3) is 0.216. The van der Waals surface area contributed by atoms with Crippen molar-refractivity contribution in [2.45, 2.75) is 52.0 Å². The van der Waals surface area contributed by atoms with E-state index in [1.165, 1.54) is 38.3 Å². The number of ether oxygens (including phenoxy) is 1. The second-order valence-corrected chi connectivity index (χ2v) is 13.7. The summed E-state index contributed by atoms with van der Waals surface area (Å²) in [5.41, 5.74) is 7.67. The first-order valence-electron chi connectivity index (χ1n) is 16.2. The van der Waals surface area contributed by atoms with Gasteiger partial charge in [0, 0.05) is 11.4 Å². The van der Waals surface area contributed by atoms with Crippen LogP contribution in [0.3, 0.4) is 0 Å². The Morgan fingerprint density at radius 1 is 0.830 bits per heavy atom. The number of nitrogens with zero attached hydrogens (tertiary/aromatic N) is 5. The van der Waals surface area contributed by atoms with Gasteiger partial charge in [-0.05, 0) is 111 Å². The molecule has 15 nitrogen and oxygen atoms in total. The maximum absolute atomic E-state index is 13.0. The van der Waals surface area contributed by atoms with Crippen LogP contribution in [0.2, 0.25) is 0 Å². The minimum Gasteiger partial charge on any atom is -0.495 e. The maximum Gasteiger partial charge on any atom is 0.320 e. The van der Waals surface area contributed by atoms with Gasteiger partial charge >= 0.3 is 6.01 Å². The topological polar surface area (TPSA) is 217 Å². The molecule has 0 fully saturated rings. The molecular formula is C37H38N8O7S. The van der Waals surface area contributed by atoms with Crippen molar-refractivity contribution >= 4 is 56.5 Å². The average Bonchev–Trinajstić information content (AvgIpc) is 3.07. The molecule has 0 spiro atoms. The first kappa shape index (κ1) is 38.0. The molecule has 274 valence electrons. The molecule has 0 aliphatic heterocycles. The fourth-order valence-corrected chi connectivity index (χ4v) is 6.18. The molecule has 53 heavy (non-hydrogen) atoms. The molecule has 0 aliphatic rings. The number of aromatic hydroxyl groups is 1. The molecule has 0 bridgehead atoms. The monoisotopic (exact) mass is 738 g/mol. The number of nitrogens with one attached hydrogen (secondary N) is 3. The number of para-hydroxylation sites is 2. The minimum absolute atomic E-state index is 0.00758. The first-order valence-corrected chi connectivity index (χ1v) is 17.7. The summed E-state index contributed by atoms with van der Waals surface area (Å²) in [7, 11) is -2.86. The van der Waals surface area contributed by atoms with Crippen LogP contribution in [0, 0.1) is 27.7 Å². The number of hydrogen-bond donors (Lipinski definition) is 5. The molecule has 5 rings (SSSR count). The lowest BCUT2D eigenvalue weighted by Crippen LogP contribution is -2.32. The van der Waals surface area contributed by atoms with Gasteiger partial charge in [0.2, 0.25) is 17.9 Å². The van der Waals surface area contributed by atoms with Gasteiger partial charge in [0.05, 0.1) is 23.4 Å². The molecule has 1 unspecified atom stereocenters. The number of aryl methyl sites for hydroxylation is 4. The summed E-state index contributed by atoms with van der Waals surface area (Å²) in [4.78, 5) is 37.3. The molecule has 0 aliphatic carbocycles. The van der Waals surface area contributed by atoms with Gasteiger partial charge < -0.3 is 25.8 Å². The highest BCUT2D eigenvalue weighted by Gasteiger charge is 2.24. The van der Waals surface area contributed by atoms with Gasteiger partial charge in [-0.1, -0.05) is 36.4 Å². The molecule has 0 saturated heterocycles. The van der Waals surface area contributed by atoms with Crippen molar-refractivity contribution in [3.63, 3.8) is 0 Å². The highest BCUT2D eigenvalue weighted by molar-refractivity contribution is 7.85. The number of benzene rings is 4. The van der Waals surface area contributed by atoms with Crippen LogP contribution in [0.5, 0.6) is 11.8 Å². The van der Waals surface area contributed by atoms with E-state index in [0.717, 1.165) is 39.1 Å². The smallest absolute Gasteiger partial charge is 0.320 e. The van der Waals surface area contributed by atoms with Gasteiger partial charge in [-0.3, -0.25) is 14.1 Å². The third kappa shape index (κ3) is 9.55. The third-order valence-corrected chi connectivity index (χ3v) is 8.96.